The standard InChI is InChI=1S/C17H16N2O6S/c1-11(20)18-14-7-9-15(10-8-14)26(23,24)19-16(21)12-3-5-13(6-4-12)17(22)25-2/h3-10H,1-2H3,(H,18,20)(H,19,21). The summed E-state index contributed by atoms with van der Waals surface area (Å²) in [7, 11) is -2.86. The average molecular weight is 376 g/mol. The number of sulfonamides is 1. The van der Waals surface area contributed by atoms with Crippen molar-refractivity contribution in [2.75, 3.05) is 12.4 Å². The molecule has 0 fully saturated rings. The maximum Gasteiger partial charge on any atom is 0.337 e. The molecule has 0 saturated carbocycles. The first-order valence-corrected chi connectivity index (χ1v) is 8.84. The molecule has 136 valence electrons. The number of hydrogen-bond donors (Lipinski definition) is 2. The topological polar surface area (TPSA) is 119 Å². The normalized spacial score (nSPS) is 10.7. The van der Waals surface area contributed by atoms with Crippen LogP contribution in [0.3, 0.4) is 0 Å². The number of esters is 1. The van der Waals surface area contributed by atoms with E-state index in [2.05, 4.69) is 10.1 Å². The van der Waals surface area contributed by atoms with Crippen LogP contribution in [0.15, 0.2) is 53.4 Å². The number of carbonyl (C=O) groups excluding carboxylic acids is 3. The highest BCUT2D eigenvalue weighted by Gasteiger charge is 2.19. The molecule has 0 radical (unpaired) electrons. The van der Waals surface area contributed by atoms with Crippen LogP contribution in [0.4, 0.5) is 5.69 Å². The Morgan fingerprint density at radius 2 is 1.42 bits per heavy atom. The van der Waals surface area contributed by atoms with E-state index in [1.165, 1.54) is 62.6 Å². The predicted octanol–water partition coefficient (Wildman–Crippen LogP) is 1.55. The maximum absolute atomic E-state index is 12.3. The number of methoxy groups -OCH3 is 1. The Morgan fingerprint density at radius 1 is 0.885 bits per heavy atom. The number of amides is 2. The van der Waals surface area contributed by atoms with Crippen LogP contribution in [0.2, 0.25) is 0 Å². The van der Waals surface area contributed by atoms with Gasteiger partial charge < -0.3 is 10.1 Å². The van der Waals surface area contributed by atoms with Crippen molar-refractivity contribution in [1.82, 2.24) is 4.72 Å². The first kappa shape index (κ1) is 19.1. The van der Waals surface area contributed by atoms with Crippen LogP contribution in [0.1, 0.15) is 27.6 Å². The maximum atomic E-state index is 12.3. The van der Waals surface area contributed by atoms with E-state index in [0.29, 0.717) is 5.69 Å². The number of anilines is 1. The van der Waals surface area contributed by atoms with E-state index >= 15 is 0 Å². The van der Waals surface area contributed by atoms with Crippen LogP contribution in [-0.4, -0.2) is 33.3 Å². The molecule has 0 aliphatic carbocycles. The molecule has 0 spiro atoms. The zero-order valence-corrected chi connectivity index (χ0v) is 14.8. The van der Waals surface area contributed by atoms with Gasteiger partial charge in [-0.1, -0.05) is 0 Å². The summed E-state index contributed by atoms with van der Waals surface area (Å²) in [4.78, 5) is 34.3. The van der Waals surface area contributed by atoms with E-state index in [0.717, 1.165) is 0 Å². The molecule has 8 nitrogen and oxygen atoms in total. The average Bonchev–Trinajstić information content (AvgIpc) is 2.60. The Labute approximate surface area is 150 Å². The smallest absolute Gasteiger partial charge is 0.337 e. The van der Waals surface area contributed by atoms with Gasteiger partial charge in [0.1, 0.15) is 0 Å². The second kappa shape index (κ2) is 7.79. The van der Waals surface area contributed by atoms with Gasteiger partial charge in [-0.25, -0.2) is 17.9 Å². The first-order valence-electron chi connectivity index (χ1n) is 7.36. The van der Waals surface area contributed by atoms with Gasteiger partial charge in [0, 0.05) is 18.2 Å². The zero-order chi connectivity index (χ0) is 19.3. The van der Waals surface area contributed by atoms with Crippen molar-refractivity contribution >= 4 is 33.5 Å². The minimum Gasteiger partial charge on any atom is -0.465 e. The summed E-state index contributed by atoms with van der Waals surface area (Å²) < 4.78 is 31.0. The lowest BCUT2D eigenvalue weighted by atomic mass is 10.1. The summed E-state index contributed by atoms with van der Waals surface area (Å²) in [5.41, 5.74) is 0.734. The first-order chi connectivity index (χ1) is 12.2. The number of rotatable bonds is 5. The molecule has 0 aliphatic heterocycles. The predicted molar refractivity (Wildman–Crippen MR) is 93.2 cm³/mol. The molecule has 2 aromatic rings. The summed E-state index contributed by atoms with van der Waals surface area (Å²) in [5, 5.41) is 2.51. The van der Waals surface area contributed by atoms with Gasteiger partial charge in [-0.05, 0) is 48.5 Å². The van der Waals surface area contributed by atoms with Crippen molar-refractivity contribution in [3.63, 3.8) is 0 Å². The fourth-order valence-corrected chi connectivity index (χ4v) is 3.01. The fraction of sp³-hybridized carbons (Fsp3) is 0.118. The van der Waals surface area contributed by atoms with E-state index in [1.54, 1.807) is 0 Å². The van der Waals surface area contributed by atoms with Crippen molar-refractivity contribution in [2.24, 2.45) is 0 Å². The van der Waals surface area contributed by atoms with Gasteiger partial charge >= 0.3 is 5.97 Å². The third-order valence-electron chi connectivity index (χ3n) is 3.28. The number of hydrogen-bond acceptors (Lipinski definition) is 6. The molecule has 2 aromatic carbocycles. The molecule has 0 saturated heterocycles. The highest BCUT2D eigenvalue weighted by molar-refractivity contribution is 7.90. The SMILES string of the molecule is COC(=O)c1ccc(C(=O)NS(=O)(=O)c2ccc(NC(C)=O)cc2)cc1. The minimum atomic E-state index is -4.09. The van der Waals surface area contributed by atoms with Crippen LogP contribution in [0, 0.1) is 0 Å². The molecule has 0 aromatic heterocycles. The van der Waals surface area contributed by atoms with Crippen molar-refractivity contribution in [3.05, 3.63) is 59.7 Å². The van der Waals surface area contributed by atoms with E-state index in [1.807, 2.05) is 4.72 Å². The molecular weight excluding hydrogens is 360 g/mol. The van der Waals surface area contributed by atoms with E-state index in [4.69, 9.17) is 0 Å². The van der Waals surface area contributed by atoms with Crippen molar-refractivity contribution < 1.29 is 27.5 Å². The molecule has 0 aliphatic rings. The molecule has 2 amide bonds. The molecule has 26 heavy (non-hydrogen) atoms. The van der Waals surface area contributed by atoms with Crippen molar-refractivity contribution in [3.8, 4) is 0 Å². The Balaban J connectivity index is 2.14. The summed E-state index contributed by atoms with van der Waals surface area (Å²) in [6, 6.07) is 10.7. The molecule has 2 rings (SSSR count). The Morgan fingerprint density at radius 3 is 1.92 bits per heavy atom. The Bertz CT molecular complexity index is 934. The molecule has 0 unspecified atom stereocenters. The van der Waals surface area contributed by atoms with Crippen LogP contribution < -0.4 is 10.0 Å². The van der Waals surface area contributed by atoms with Gasteiger partial charge in [-0.3, -0.25) is 9.59 Å². The van der Waals surface area contributed by atoms with Crippen molar-refractivity contribution in [1.29, 1.82) is 0 Å². The highest BCUT2D eigenvalue weighted by atomic mass is 32.2. The quantitative estimate of drug-likeness (QED) is 0.764. The number of carbonyl (C=O) groups is 3. The summed E-state index contributed by atoms with van der Waals surface area (Å²) in [6.07, 6.45) is 0. The lowest BCUT2D eigenvalue weighted by Crippen LogP contribution is -2.30. The third kappa shape index (κ3) is 4.67. The molecule has 0 atom stereocenters. The van der Waals surface area contributed by atoms with Gasteiger partial charge in [0.25, 0.3) is 15.9 Å². The van der Waals surface area contributed by atoms with Crippen LogP contribution in [-0.2, 0) is 19.6 Å². The molecular formula is C17H16N2O6S. The fourth-order valence-electron chi connectivity index (χ4n) is 2.04. The summed E-state index contributed by atoms with van der Waals surface area (Å²) in [5.74, 6) is -1.69. The molecule has 0 bridgehead atoms. The van der Waals surface area contributed by atoms with Gasteiger partial charge in [0.2, 0.25) is 5.91 Å². The summed E-state index contributed by atoms with van der Waals surface area (Å²) in [6.45, 7) is 1.33. The number of ether oxygens (including phenoxy) is 1. The molecule has 0 heterocycles. The van der Waals surface area contributed by atoms with Crippen LogP contribution in [0.5, 0.6) is 0 Å². The lowest BCUT2D eigenvalue weighted by molar-refractivity contribution is -0.114. The van der Waals surface area contributed by atoms with Gasteiger partial charge in [-0.2, -0.15) is 0 Å². The van der Waals surface area contributed by atoms with E-state index < -0.39 is 21.9 Å². The largest absolute Gasteiger partial charge is 0.465 e. The van der Waals surface area contributed by atoms with E-state index in [-0.39, 0.29) is 21.9 Å². The summed E-state index contributed by atoms with van der Waals surface area (Å²) >= 11 is 0. The Kier molecular flexibility index (Phi) is 5.73. The number of nitrogens with one attached hydrogen (secondary N) is 2. The second-order valence-electron chi connectivity index (χ2n) is 5.21. The highest BCUT2D eigenvalue weighted by Crippen LogP contribution is 2.15. The van der Waals surface area contributed by atoms with Crippen LogP contribution in [0.25, 0.3) is 0 Å². The third-order valence-corrected chi connectivity index (χ3v) is 4.63. The zero-order valence-electron chi connectivity index (χ0n) is 14.0. The van der Waals surface area contributed by atoms with Gasteiger partial charge in [0.15, 0.2) is 0 Å². The minimum absolute atomic E-state index is 0.0658. The Hall–Kier alpha value is -3.20. The second-order valence-corrected chi connectivity index (χ2v) is 6.89. The number of benzene rings is 2. The monoisotopic (exact) mass is 376 g/mol. The van der Waals surface area contributed by atoms with Gasteiger partial charge in [0.05, 0.1) is 17.6 Å². The molecule has 2 N–H and O–H groups in total. The molecule has 9 heteroatoms. The van der Waals surface area contributed by atoms with E-state index in [9.17, 15) is 22.8 Å². The lowest BCUT2D eigenvalue weighted by Gasteiger charge is -2.08. The van der Waals surface area contributed by atoms with Crippen LogP contribution >= 0.6 is 0 Å². The van der Waals surface area contributed by atoms with Crippen molar-refractivity contribution in [2.45, 2.75) is 11.8 Å². The van der Waals surface area contributed by atoms with Gasteiger partial charge in [-0.15, -0.1) is 0 Å².